The molecule has 1 saturated carbocycles. The molecule has 3 aromatic rings. The molecule has 0 spiro atoms. The molecule has 1 fully saturated rings. The molecule has 1 aliphatic carbocycles. The van der Waals surface area contributed by atoms with Crippen LogP contribution in [-0.2, 0) is 11.8 Å². The van der Waals surface area contributed by atoms with E-state index in [-0.39, 0.29) is 23.7 Å². The minimum Gasteiger partial charge on any atom is -0.359 e. The Hall–Kier alpha value is -2.88. The van der Waals surface area contributed by atoms with Crippen LogP contribution >= 0.6 is 0 Å². The van der Waals surface area contributed by atoms with Crippen molar-refractivity contribution in [1.29, 1.82) is 0 Å². The van der Waals surface area contributed by atoms with Gasteiger partial charge in [0.1, 0.15) is 5.82 Å². The van der Waals surface area contributed by atoms with Crippen LogP contribution in [0.3, 0.4) is 0 Å². The molecule has 1 heterocycles. The summed E-state index contributed by atoms with van der Waals surface area (Å²) in [7, 11) is 3.70. The van der Waals surface area contributed by atoms with Crippen LogP contribution in [0.2, 0.25) is 0 Å². The van der Waals surface area contributed by atoms with Gasteiger partial charge in [0.05, 0.1) is 5.92 Å². The summed E-state index contributed by atoms with van der Waals surface area (Å²) in [5, 5.41) is 2.82. The lowest BCUT2D eigenvalue weighted by Gasteiger charge is -2.05. The summed E-state index contributed by atoms with van der Waals surface area (Å²) in [4.78, 5) is 16.7. The molecule has 0 saturated heterocycles. The number of rotatable bonds is 4. The molecule has 0 aliphatic heterocycles. The largest absolute Gasteiger partial charge is 0.359 e. The fourth-order valence-electron chi connectivity index (χ4n) is 3.81. The zero-order chi connectivity index (χ0) is 17.4. The fraction of sp³-hybridized carbons (Fsp3) is 0.238. The van der Waals surface area contributed by atoms with Crippen molar-refractivity contribution in [2.75, 3.05) is 7.05 Å². The van der Waals surface area contributed by atoms with E-state index in [1.54, 1.807) is 13.2 Å². The average Bonchev–Trinajstić information content (AvgIpc) is 3.27. The van der Waals surface area contributed by atoms with E-state index in [1.807, 2.05) is 36.0 Å². The lowest BCUT2D eigenvalue weighted by molar-refractivity contribution is -0.122. The zero-order valence-electron chi connectivity index (χ0n) is 14.4. The SMILES string of the molecule is CNC(=O)[C@@H]1[C@H](c2ccccc2)[C@H]1c1ccc(-c2nccn2C)cc1. The lowest BCUT2D eigenvalue weighted by Crippen LogP contribution is -2.20. The van der Waals surface area contributed by atoms with Crippen molar-refractivity contribution >= 4 is 5.91 Å². The molecular weight excluding hydrogens is 310 g/mol. The van der Waals surface area contributed by atoms with Gasteiger partial charge in [0.25, 0.3) is 0 Å². The highest BCUT2D eigenvalue weighted by Gasteiger charge is 2.55. The third kappa shape index (κ3) is 2.74. The molecular formula is C21H21N3O. The molecule has 4 rings (SSSR count). The standard InChI is InChI=1S/C21H21N3O/c1-22-21(25)19-17(14-6-4-3-5-7-14)18(19)15-8-10-16(11-9-15)20-23-12-13-24(20)2/h3-13,17-19H,1-2H3,(H,22,25)/t17-,18-,19-/m1/s1. The van der Waals surface area contributed by atoms with Crippen molar-refractivity contribution in [3.05, 3.63) is 78.1 Å². The molecule has 25 heavy (non-hydrogen) atoms. The van der Waals surface area contributed by atoms with Crippen LogP contribution in [-0.4, -0.2) is 22.5 Å². The van der Waals surface area contributed by atoms with Gasteiger partial charge < -0.3 is 9.88 Å². The first-order valence-corrected chi connectivity index (χ1v) is 8.55. The molecule has 4 heteroatoms. The Morgan fingerprint density at radius 2 is 1.64 bits per heavy atom. The molecule has 0 bridgehead atoms. The predicted octanol–water partition coefficient (Wildman–Crippen LogP) is 3.33. The van der Waals surface area contributed by atoms with Gasteiger partial charge in [-0.15, -0.1) is 0 Å². The average molecular weight is 331 g/mol. The van der Waals surface area contributed by atoms with E-state index < -0.39 is 0 Å². The number of carbonyl (C=O) groups is 1. The number of aromatic nitrogens is 2. The van der Waals surface area contributed by atoms with Gasteiger partial charge in [-0.3, -0.25) is 4.79 Å². The smallest absolute Gasteiger partial charge is 0.224 e. The van der Waals surface area contributed by atoms with Crippen LogP contribution in [0.4, 0.5) is 0 Å². The molecule has 4 nitrogen and oxygen atoms in total. The van der Waals surface area contributed by atoms with Crippen molar-refractivity contribution in [3.8, 4) is 11.4 Å². The van der Waals surface area contributed by atoms with Crippen LogP contribution in [0.25, 0.3) is 11.4 Å². The van der Waals surface area contributed by atoms with Gasteiger partial charge in [0.2, 0.25) is 5.91 Å². The Morgan fingerprint density at radius 3 is 2.20 bits per heavy atom. The number of aryl methyl sites for hydroxylation is 1. The molecule has 1 N–H and O–H groups in total. The molecule has 1 aliphatic rings. The highest BCUT2D eigenvalue weighted by Crippen LogP contribution is 2.60. The first-order chi connectivity index (χ1) is 12.2. The van der Waals surface area contributed by atoms with E-state index in [0.717, 1.165) is 11.4 Å². The third-order valence-electron chi connectivity index (χ3n) is 5.13. The Morgan fingerprint density at radius 1 is 1.00 bits per heavy atom. The summed E-state index contributed by atoms with van der Waals surface area (Å²) in [6, 6.07) is 18.8. The monoisotopic (exact) mass is 331 g/mol. The topological polar surface area (TPSA) is 46.9 Å². The summed E-state index contributed by atoms with van der Waals surface area (Å²) >= 11 is 0. The maximum atomic E-state index is 12.3. The first-order valence-electron chi connectivity index (χ1n) is 8.55. The summed E-state index contributed by atoms with van der Waals surface area (Å²) in [5.41, 5.74) is 3.53. The maximum absolute atomic E-state index is 12.3. The molecule has 1 amide bonds. The Labute approximate surface area is 147 Å². The van der Waals surface area contributed by atoms with Crippen LogP contribution in [0.5, 0.6) is 0 Å². The summed E-state index contributed by atoms with van der Waals surface area (Å²) < 4.78 is 2.01. The maximum Gasteiger partial charge on any atom is 0.224 e. The number of hydrogen-bond acceptors (Lipinski definition) is 2. The van der Waals surface area contributed by atoms with Crippen LogP contribution in [0.1, 0.15) is 23.0 Å². The van der Waals surface area contributed by atoms with Crippen molar-refractivity contribution in [3.63, 3.8) is 0 Å². The van der Waals surface area contributed by atoms with E-state index in [4.69, 9.17) is 0 Å². The highest BCUT2D eigenvalue weighted by molar-refractivity contribution is 5.85. The van der Waals surface area contributed by atoms with Crippen molar-refractivity contribution < 1.29 is 4.79 Å². The van der Waals surface area contributed by atoms with E-state index in [0.29, 0.717) is 0 Å². The molecule has 2 aromatic carbocycles. The van der Waals surface area contributed by atoms with Crippen LogP contribution < -0.4 is 5.32 Å². The van der Waals surface area contributed by atoms with Gasteiger partial charge in [-0.25, -0.2) is 4.98 Å². The third-order valence-corrected chi connectivity index (χ3v) is 5.13. The van der Waals surface area contributed by atoms with E-state index in [9.17, 15) is 4.79 Å². The number of nitrogens with zero attached hydrogens (tertiary/aromatic N) is 2. The summed E-state index contributed by atoms with van der Waals surface area (Å²) in [5.74, 6) is 1.56. The van der Waals surface area contributed by atoms with Crippen LogP contribution in [0.15, 0.2) is 67.0 Å². The molecule has 0 radical (unpaired) electrons. The van der Waals surface area contributed by atoms with E-state index in [2.05, 4.69) is 46.7 Å². The molecule has 126 valence electrons. The van der Waals surface area contributed by atoms with Gasteiger partial charge in [-0.1, -0.05) is 54.6 Å². The van der Waals surface area contributed by atoms with Gasteiger partial charge in [0.15, 0.2) is 0 Å². The number of benzene rings is 2. The van der Waals surface area contributed by atoms with E-state index >= 15 is 0 Å². The van der Waals surface area contributed by atoms with Crippen LogP contribution in [0, 0.1) is 5.92 Å². The quantitative estimate of drug-likeness (QED) is 0.797. The second kappa shape index (κ2) is 6.20. The lowest BCUT2D eigenvalue weighted by atomic mass is 10.0. The van der Waals surface area contributed by atoms with Gasteiger partial charge in [-0.2, -0.15) is 0 Å². The molecule has 3 atom stereocenters. The predicted molar refractivity (Wildman–Crippen MR) is 98.1 cm³/mol. The number of hydrogen-bond donors (Lipinski definition) is 1. The first kappa shape index (κ1) is 15.6. The Bertz CT molecular complexity index is 883. The highest BCUT2D eigenvalue weighted by atomic mass is 16.2. The number of carbonyl (C=O) groups excluding carboxylic acids is 1. The number of nitrogens with one attached hydrogen (secondary N) is 1. The fourth-order valence-corrected chi connectivity index (χ4v) is 3.81. The molecule has 1 aromatic heterocycles. The van der Waals surface area contributed by atoms with Crippen molar-refractivity contribution in [1.82, 2.24) is 14.9 Å². The Balaban J connectivity index is 1.64. The van der Waals surface area contributed by atoms with Crippen molar-refractivity contribution in [2.45, 2.75) is 11.8 Å². The summed E-state index contributed by atoms with van der Waals surface area (Å²) in [6.07, 6.45) is 3.74. The minimum atomic E-state index is 0.00594. The van der Waals surface area contributed by atoms with E-state index in [1.165, 1.54) is 11.1 Å². The second-order valence-electron chi connectivity index (χ2n) is 6.59. The summed E-state index contributed by atoms with van der Waals surface area (Å²) in [6.45, 7) is 0. The number of imidazole rings is 1. The van der Waals surface area contributed by atoms with Gasteiger partial charge in [-0.05, 0) is 11.1 Å². The number of amides is 1. The molecule has 0 unspecified atom stereocenters. The van der Waals surface area contributed by atoms with Gasteiger partial charge >= 0.3 is 0 Å². The Kier molecular flexibility index (Phi) is 3.88. The zero-order valence-corrected chi connectivity index (χ0v) is 14.4. The normalized spacial score (nSPS) is 21.8. The van der Waals surface area contributed by atoms with Crippen molar-refractivity contribution in [2.24, 2.45) is 13.0 Å². The minimum absolute atomic E-state index is 0.00594. The van der Waals surface area contributed by atoms with Gasteiger partial charge in [0, 0.05) is 43.9 Å². The second-order valence-corrected chi connectivity index (χ2v) is 6.59.